The molecule has 0 saturated heterocycles. The normalized spacial score (nSPS) is 10.9. The fraction of sp³-hybridized carbons (Fsp3) is 0.143. The van der Waals surface area contributed by atoms with Crippen LogP contribution in [0.15, 0.2) is 65.5 Å². The molecule has 0 saturated carbocycles. The molecule has 0 aliphatic heterocycles. The maximum absolute atomic E-state index is 12.7. The average Bonchev–Trinajstić information content (AvgIpc) is 3.19. The molecule has 0 bridgehead atoms. The van der Waals surface area contributed by atoms with Crippen molar-refractivity contribution in [2.45, 2.75) is 13.0 Å². The van der Waals surface area contributed by atoms with Crippen LogP contribution in [0.2, 0.25) is 0 Å². The van der Waals surface area contributed by atoms with E-state index in [1.165, 1.54) is 28.2 Å². The quantitative estimate of drug-likeness (QED) is 0.470. The first kappa shape index (κ1) is 18.8. The first-order valence-electron chi connectivity index (χ1n) is 9.01. The molecule has 146 valence electrons. The molecular formula is C21H17N3O4S. The summed E-state index contributed by atoms with van der Waals surface area (Å²) in [6.07, 6.45) is 0.566. The molecule has 0 amide bonds. The molecule has 29 heavy (non-hydrogen) atoms. The molecule has 2 aromatic carbocycles. The molecule has 0 atom stereocenters. The Morgan fingerprint density at radius 2 is 1.86 bits per heavy atom. The number of thiophene rings is 1. The van der Waals surface area contributed by atoms with Crippen molar-refractivity contribution in [2.24, 2.45) is 0 Å². The zero-order valence-corrected chi connectivity index (χ0v) is 16.1. The van der Waals surface area contributed by atoms with Gasteiger partial charge in [-0.05, 0) is 35.9 Å². The Labute approximate surface area is 169 Å². The number of aromatic nitrogens is 3. The van der Waals surface area contributed by atoms with Crippen LogP contribution in [-0.4, -0.2) is 32.7 Å². The molecule has 2 heterocycles. The first-order valence-corrected chi connectivity index (χ1v) is 9.82. The highest BCUT2D eigenvalue weighted by Gasteiger charge is 2.11. The Hall–Kier alpha value is -3.52. The minimum atomic E-state index is -0.978. The van der Waals surface area contributed by atoms with Crippen LogP contribution in [0, 0.1) is 0 Å². The molecule has 0 aliphatic carbocycles. The van der Waals surface area contributed by atoms with Crippen molar-refractivity contribution in [3.63, 3.8) is 0 Å². The number of aromatic carboxylic acids is 1. The summed E-state index contributed by atoms with van der Waals surface area (Å²) < 4.78 is 6.95. The standard InChI is InChI=1S/C21H17N3O4S/c25-20-17-13-18(14-5-2-1-3-6-14)29-19(17)22-23-24(20)11-4-12-28-16-9-7-15(8-10-16)21(26)27/h1-3,5-10,13H,4,11-12H2,(H,26,27). The number of carbonyl (C=O) groups is 1. The van der Waals surface area contributed by atoms with Crippen LogP contribution in [0.25, 0.3) is 20.7 Å². The third-order valence-electron chi connectivity index (χ3n) is 4.36. The van der Waals surface area contributed by atoms with Crippen molar-refractivity contribution < 1.29 is 14.6 Å². The topological polar surface area (TPSA) is 94.3 Å². The van der Waals surface area contributed by atoms with Crippen LogP contribution in [0.4, 0.5) is 0 Å². The lowest BCUT2D eigenvalue weighted by Crippen LogP contribution is -2.24. The zero-order chi connectivity index (χ0) is 20.2. The number of hydrogen-bond donors (Lipinski definition) is 1. The van der Waals surface area contributed by atoms with Gasteiger partial charge in [-0.1, -0.05) is 35.5 Å². The SMILES string of the molecule is O=C(O)c1ccc(OCCCn2nnc3sc(-c4ccccc4)cc3c2=O)cc1. The second-order valence-electron chi connectivity index (χ2n) is 6.34. The molecule has 0 aliphatic rings. The van der Waals surface area contributed by atoms with E-state index in [1.54, 1.807) is 12.1 Å². The van der Waals surface area contributed by atoms with E-state index in [0.717, 1.165) is 10.4 Å². The van der Waals surface area contributed by atoms with Crippen LogP contribution in [0.3, 0.4) is 0 Å². The Bertz CT molecular complexity index is 1200. The highest BCUT2D eigenvalue weighted by atomic mass is 32.1. The summed E-state index contributed by atoms with van der Waals surface area (Å²) >= 11 is 1.45. The van der Waals surface area contributed by atoms with Crippen LogP contribution in [-0.2, 0) is 6.54 Å². The van der Waals surface area contributed by atoms with Gasteiger partial charge in [0.15, 0.2) is 4.83 Å². The number of aryl methyl sites for hydroxylation is 1. The lowest BCUT2D eigenvalue weighted by Gasteiger charge is -2.07. The predicted octanol–water partition coefficient (Wildman–Crippen LogP) is 3.69. The van der Waals surface area contributed by atoms with Gasteiger partial charge in [-0.2, -0.15) is 0 Å². The van der Waals surface area contributed by atoms with Crippen LogP contribution >= 0.6 is 11.3 Å². The number of nitrogens with zero attached hydrogens (tertiary/aromatic N) is 3. The van der Waals surface area contributed by atoms with Gasteiger partial charge in [-0.25, -0.2) is 9.48 Å². The van der Waals surface area contributed by atoms with Crippen molar-refractivity contribution in [1.82, 2.24) is 15.0 Å². The Morgan fingerprint density at radius 1 is 1.10 bits per heavy atom. The maximum atomic E-state index is 12.7. The van der Waals surface area contributed by atoms with Gasteiger partial charge in [0.2, 0.25) is 0 Å². The van der Waals surface area contributed by atoms with Crippen LogP contribution in [0.1, 0.15) is 16.8 Å². The van der Waals surface area contributed by atoms with E-state index in [4.69, 9.17) is 9.84 Å². The molecule has 0 radical (unpaired) electrons. The fourth-order valence-electron chi connectivity index (χ4n) is 2.87. The smallest absolute Gasteiger partial charge is 0.335 e. The van der Waals surface area contributed by atoms with Gasteiger partial charge in [-0.15, -0.1) is 16.4 Å². The summed E-state index contributed by atoms with van der Waals surface area (Å²) in [7, 11) is 0. The Morgan fingerprint density at radius 3 is 2.59 bits per heavy atom. The lowest BCUT2D eigenvalue weighted by molar-refractivity contribution is 0.0697. The molecule has 0 spiro atoms. The molecular weight excluding hydrogens is 390 g/mol. The summed E-state index contributed by atoms with van der Waals surface area (Å²) in [5.74, 6) is -0.400. The number of hydrogen-bond acceptors (Lipinski definition) is 6. The molecule has 7 nitrogen and oxygen atoms in total. The molecule has 4 rings (SSSR count). The monoisotopic (exact) mass is 407 g/mol. The average molecular weight is 407 g/mol. The number of carboxylic acid groups (broad SMARTS) is 1. The molecule has 8 heteroatoms. The molecule has 1 N–H and O–H groups in total. The van der Waals surface area contributed by atoms with E-state index in [2.05, 4.69) is 10.3 Å². The van der Waals surface area contributed by atoms with E-state index < -0.39 is 5.97 Å². The molecule has 0 unspecified atom stereocenters. The van der Waals surface area contributed by atoms with E-state index in [1.807, 2.05) is 36.4 Å². The minimum absolute atomic E-state index is 0.167. The van der Waals surface area contributed by atoms with Crippen molar-refractivity contribution in [1.29, 1.82) is 0 Å². The molecule has 0 fully saturated rings. The van der Waals surface area contributed by atoms with Crippen molar-refractivity contribution >= 4 is 27.5 Å². The second-order valence-corrected chi connectivity index (χ2v) is 7.38. The van der Waals surface area contributed by atoms with E-state index >= 15 is 0 Å². The van der Waals surface area contributed by atoms with Gasteiger partial charge in [0.25, 0.3) is 5.56 Å². The van der Waals surface area contributed by atoms with Crippen LogP contribution in [0.5, 0.6) is 5.75 Å². The predicted molar refractivity (Wildman–Crippen MR) is 111 cm³/mol. The number of fused-ring (bicyclic) bond motifs is 1. The van der Waals surface area contributed by atoms with Gasteiger partial charge in [-0.3, -0.25) is 4.79 Å². The lowest BCUT2D eigenvalue weighted by atomic mass is 10.2. The van der Waals surface area contributed by atoms with Gasteiger partial charge in [0.1, 0.15) is 5.75 Å². The highest BCUT2D eigenvalue weighted by Crippen LogP contribution is 2.30. The van der Waals surface area contributed by atoms with E-state index in [9.17, 15) is 9.59 Å². The van der Waals surface area contributed by atoms with Gasteiger partial charge in [0, 0.05) is 17.8 Å². The number of benzene rings is 2. The van der Waals surface area contributed by atoms with E-state index in [-0.39, 0.29) is 11.1 Å². The summed E-state index contributed by atoms with van der Waals surface area (Å²) in [4.78, 5) is 25.2. The summed E-state index contributed by atoms with van der Waals surface area (Å²) in [5.41, 5.74) is 1.08. The fourth-order valence-corrected chi connectivity index (χ4v) is 3.84. The largest absolute Gasteiger partial charge is 0.494 e. The first-order chi connectivity index (χ1) is 14.1. The Balaban J connectivity index is 1.41. The summed E-state index contributed by atoms with van der Waals surface area (Å²) in [6, 6.07) is 17.9. The van der Waals surface area contributed by atoms with Gasteiger partial charge in [0.05, 0.1) is 17.6 Å². The van der Waals surface area contributed by atoms with Crippen molar-refractivity contribution in [3.8, 4) is 16.2 Å². The third-order valence-corrected chi connectivity index (χ3v) is 5.43. The van der Waals surface area contributed by atoms with Crippen LogP contribution < -0.4 is 10.3 Å². The zero-order valence-electron chi connectivity index (χ0n) is 15.3. The summed E-state index contributed by atoms with van der Waals surface area (Å²) in [5, 5.41) is 17.7. The van der Waals surface area contributed by atoms with Crippen molar-refractivity contribution in [2.75, 3.05) is 6.61 Å². The second kappa shape index (κ2) is 8.24. The maximum Gasteiger partial charge on any atom is 0.335 e. The van der Waals surface area contributed by atoms with Gasteiger partial charge < -0.3 is 9.84 Å². The van der Waals surface area contributed by atoms with E-state index in [0.29, 0.717) is 35.5 Å². The van der Waals surface area contributed by atoms with Crippen molar-refractivity contribution in [3.05, 3.63) is 76.6 Å². The number of ether oxygens (including phenoxy) is 1. The Kier molecular flexibility index (Phi) is 5.35. The highest BCUT2D eigenvalue weighted by molar-refractivity contribution is 7.21. The number of carboxylic acids is 1. The third kappa shape index (κ3) is 4.17. The number of rotatable bonds is 7. The minimum Gasteiger partial charge on any atom is -0.494 e. The molecule has 2 aromatic heterocycles. The van der Waals surface area contributed by atoms with Gasteiger partial charge >= 0.3 is 5.97 Å². The summed E-state index contributed by atoms with van der Waals surface area (Å²) in [6.45, 7) is 0.753. The molecule has 4 aromatic rings.